The molecule has 5 rings (SSSR count). The van der Waals surface area contributed by atoms with Gasteiger partial charge in [-0.25, -0.2) is 22.8 Å². The van der Waals surface area contributed by atoms with Crippen molar-refractivity contribution >= 4 is 11.6 Å². The number of pyridine rings is 2. The molecule has 0 spiro atoms. The zero-order valence-corrected chi connectivity index (χ0v) is 22.6. The van der Waals surface area contributed by atoms with Gasteiger partial charge in [0, 0.05) is 25.0 Å². The second-order valence-corrected chi connectivity index (χ2v) is 10.2. The molecule has 0 aliphatic heterocycles. The Morgan fingerprint density at radius 3 is 2.59 bits per heavy atom. The van der Waals surface area contributed by atoms with Crippen molar-refractivity contribution in [1.82, 2.24) is 25.0 Å². The molecule has 9 nitrogen and oxygen atoms in total. The number of benzene rings is 1. The SMILES string of the molecule is CCOCc1cc(F)c(-c2nc(C(=O)Nc3cnccc3[C@@H]3C[C@@H](N)[C@@H](n4ccnn4)[C@@H](C)C3)ccc2F)c(F)c1. The van der Waals surface area contributed by atoms with E-state index in [1.165, 1.54) is 6.20 Å². The Hall–Kier alpha value is -4.16. The number of carbonyl (C=O) groups excluding carboxylic acids is 1. The fraction of sp³-hybridized carbons (Fsp3) is 0.345. The van der Waals surface area contributed by atoms with Gasteiger partial charge >= 0.3 is 0 Å². The summed E-state index contributed by atoms with van der Waals surface area (Å²) in [6.45, 7) is 4.23. The van der Waals surface area contributed by atoms with Crippen molar-refractivity contribution in [3.63, 3.8) is 0 Å². The van der Waals surface area contributed by atoms with Gasteiger partial charge in [0.1, 0.15) is 28.8 Å². The third kappa shape index (κ3) is 5.98. The first-order valence-electron chi connectivity index (χ1n) is 13.4. The van der Waals surface area contributed by atoms with Crippen LogP contribution in [0.3, 0.4) is 0 Å². The minimum Gasteiger partial charge on any atom is -0.377 e. The molecule has 0 unspecified atom stereocenters. The first-order chi connectivity index (χ1) is 19.8. The molecule has 4 atom stereocenters. The molecule has 214 valence electrons. The molecule has 1 aliphatic rings. The van der Waals surface area contributed by atoms with E-state index in [1.807, 2.05) is 6.07 Å². The standard InChI is InChI=1S/C29H30F3N7O2/c1-3-41-15-17-11-21(31)26(22(32)12-17)27-20(30)4-5-24(36-27)29(40)37-25-14-34-7-6-19(25)18-10-16(2)28(23(33)13-18)39-9-8-35-38-39/h4-9,11-12,14,16,18,23,28H,3,10,13,15,33H2,1-2H3,(H,37,40)/t16-,18-,23+,28-/m0/s1. The van der Waals surface area contributed by atoms with Crippen LogP contribution in [0.1, 0.15) is 60.3 Å². The zero-order valence-electron chi connectivity index (χ0n) is 22.6. The molecule has 41 heavy (non-hydrogen) atoms. The molecule has 1 amide bonds. The average Bonchev–Trinajstić information content (AvgIpc) is 3.47. The van der Waals surface area contributed by atoms with Crippen LogP contribution in [0.15, 0.2) is 55.1 Å². The van der Waals surface area contributed by atoms with Gasteiger partial charge in [-0.15, -0.1) is 5.10 Å². The molecule has 3 aromatic heterocycles. The number of aromatic nitrogens is 5. The van der Waals surface area contributed by atoms with E-state index >= 15 is 0 Å². The maximum absolute atomic E-state index is 14.9. The topological polar surface area (TPSA) is 121 Å². The Balaban J connectivity index is 1.38. The Bertz CT molecular complexity index is 1500. The van der Waals surface area contributed by atoms with Gasteiger partial charge in [0.2, 0.25) is 0 Å². The van der Waals surface area contributed by atoms with E-state index in [1.54, 1.807) is 30.2 Å². The van der Waals surface area contributed by atoms with Crippen molar-refractivity contribution in [3.8, 4) is 11.3 Å². The van der Waals surface area contributed by atoms with Crippen molar-refractivity contribution in [2.45, 2.75) is 51.3 Å². The third-order valence-corrected chi connectivity index (χ3v) is 7.41. The average molecular weight is 566 g/mol. The summed E-state index contributed by atoms with van der Waals surface area (Å²) in [5.41, 5.74) is 6.64. The van der Waals surface area contributed by atoms with Crippen LogP contribution < -0.4 is 11.1 Å². The van der Waals surface area contributed by atoms with Crippen LogP contribution in [0.25, 0.3) is 11.3 Å². The Morgan fingerprint density at radius 1 is 1.12 bits per heavy atom. The number of anilines is 1. The molecule has 0 radical (unpaired) electrons. The first-order valence-corrected chi connectivity index (χ1v) is 13.4. The van der Waals surface area contributed by atoms with Gasteiger partial charge < -0.3 is 15.8 Å². The minimum atomic E-state index is -1.01. The summed E-state index contributed by atoms with van der Waals surface area (Å²) in [5.74, 6) is -3.47. The smallest absolute Gasteiger partial charge is 0.274 e. The molecule has 3 heterocycles. The van der Waals surface area contributed by atoms with Crippen LogP contribution in [0, 0.1) is 23.4 Å². The number of nitrogens with two attached hydrogens (primary N) is 1. The lowest BCUT2D eigenvalue weighted by Crippen LogP contribution is -2.42. The lowest BCUT2D eigenvalue weighted by atomic mass is 9.73. The fourth-order valence-corrected chi connectivity index (χ4v) is 5.61. The zero-order chi connectivity index (χ0) is 29.1. The van der Waals surface area contributed by atoms with Gasteiger partial charge in [0.05, 0.1) is 36.3 Å². The van der Waals surface area contributed by atoms with Crippen LogP contribution in [-0.2, 0) is 11.3 Å². The molecule has 12 heteroatoms. The first kappa shape index (κ1) is 28.4. The van der Waals surface area contributed by atoms with E-state index in [0.717, 1.165) is 36.2 Å². The summed E-state index contributed by atoms with van der Waals surface area (Å²) in [6.07, 6.45) is 8.00. The van der Waals surface area contributed by atoms with Crippen LogP contribution >= 0.6 is 0 Å². The second kappa shape index (κ2) is 12.1. The highest BCUT2D eigenvalue weighted by molar-refractivity contribution is 6.03. The molecule has 1 aromatic carbocycles. The second-order valence-electron chi connectivity index (χ2n) is 10.2. The lowest BCUT2D eigenvalue weighted by molar-refractivity contribution is 0.102. The van der Waals surface area contributed by atoms with Crippen molar-refractivity contribution < 1.29 is 22.7 Å². The van der Waals surface area contributed by atoms with E-state index in [2.05, 4.69) is 32.5 Å². The molecule has 0 bridgehead atoms. The number of hydrogen-bond acceptors (Lipinski definition) is 7. The highest BCUT2D eigenvalue weighted by atomic mass is 19.1. The minimum absolute atomic E-state index is 0.00218. The fourth-order valence-electron chi connectivity index (χ4n) is 5.61. The number of ether oxygens (including phenoxy) is 1. The van der Waals surface area contributed by atoms with E-state index in [4.69, 9.17) is 10.5 Å². The van der Waals surface area contributed by atoms with Gasteiger partial charge in [-0.3, -0.25) is 9.78 Å². The van der Waals surface area contributed by atoms with E-state index in [9.17, 15) is 18.0 Å². The Kier molecular flexibility index (Phi) is 8.41. The number of hydrogen-bond donors (Lipinski definition) is 2. The molecule has 1 aliphatic carbocycles. The Morgan fingerprint density at radius 2 is 1.90 bits per heavy atom. The maximum Gasteiger partial charge on any atom is 0.274 e. The lowest BCUT2D eigenvalue weighted by Gasteiger charge is -2.39. The molecule has 0 saturated heterocycles. The third-order valence-electron chi connectivity index (χ3n) is 7.41. The van der Waals surface area contributed by atoms with Crippen molar-refractivity contribution in [3.05, 3.63) is 89.4 Å². The van der Waals surface area contributed by atoms with Crippen molar-refractivity contribution in [2.75, 3.05) is 11.9 Å². The summed E-state index contributed by atoms with van der Waals surface area (Å²) in [7, 11) is 0. The monoisotopic (exact) mass is 565 g/mol. The van der Waals surface area contributed by atoms with Crippen molar-refractivity contribution in [2.24, 2.45) is 11.7 Å². The molecule has 4 aromatic rings. The number of nitrogens with zero attached hydrogens (tertiary/aromatic N) is 5. The summed E-state index contributed by atoms with van der Waals surface area (Å²) < 4.78 is 51.5. The molecule has 1 fully saturated rings. The van der Waals surface area contributed by atoms with Crippen LogP contribution in [0.2, 0.25) is 0 Å². The van der Waals surface area contributed by atoms with E-state index < -0.39 is 34.6 Å². The predicted octanol–water partition coefficient (Wildman–Crippen LogP) is 5.02. The molecule has 3 N–H and O–H groups in total. The number of rotatable bonds is 8. The van der Waals surface area contributed by atoms with Crippen molar-refractivity contribution in [1.29, 1.82) is 0 Å². The predicted molar refractivity (Wildman–Crippen MR) is 145 cm³/mol. The van der Waals surface area contributed by atoms with Gasteiger partial charge in [-0.2, -0.15) is 0 Å². The van der Waals surface area contributed by atoms with E-state index in [0.29, 0.717) is 18.7 Å². The quantitative estimate of drug-likeness (QED) is 0.308. The number of nitrogens with one attached hydrogen (secondary N) is 1. The number of carbonyl (C=O) groups is 1. The van der Waals surface area contributed by atoms with Crippen LogP contribution in [0.5, 0.6) is 0 Å². The van der Waals surface area contributed by atoms with Gasteiger partial charge in [0.15, 0.2) is 0 Å². The van der Waals surface area contributed by atoms with Crippen LogP contribution in [-0.4, -0.2) is 43.5 Å². The largest absolute Gasteiger partial charge is 0.377 e. The molecular weight excluding hydrogens is 535 g/mol. The molecule has 1 saturated carbocycles. The van der Waals surface area contributed by atoms with Gasteiger partial charge in [-0.1, -0.05) is 12.1 Å². The summed E-state index contributed by atoms with van der Waals surface area (Å²) >= 11 is 0. The normalized spacial score (nSPS) is 20.6. The maximum atomic E-state index is 14.9. The van der Waals surface area contributed by atoms with Gasteiger partial charge in [0.25, 0.3) is 5.91 Å². The summed E-state index contributed by atoms with van der Waals surface area (Å²) in [5, 5.41) is 10.8. The summed E-state index contributed by atoms with van der Waals surface area (Å²) in [4.78, 5) is 21.4. The van der Waals surface area contributed by atoms with Gasteiger partial charge in [-0.05, 0) is 73.1 Å². The van der Waals surface area contributed by atoms with E-state index in [-0.39, 0.29) is 41.8 Å². The highest BCUT2D eigenvalue weighted by Crippen LogP contribution is 2.42. The number of amides is 1. The van der Waals surface area contributed by atoms with Crippen LogP contribution in [0.4, 0.5) is 18.9 Å². The Labute approximate surface area is 235 Å². The summed E-state index contributed by atoms with van der Waals surface area (Å²) in [6, 6.07) is 5.86. The molecular formula is C29H30F3N7O2. The number of halogens is 3. The highest BCUT2D eigenvalue weighted by Gasteiger charge is 2.37.